The Morgan fingerprint density at radius 2 is 1.39 bits per heavy atom. The number of aryl methyl sites for hydroxylation is 2. The molecule has 0 radical (unpaired) electrons. The molecule has 124 valence electrons. The minimum Gasteiger partial charge on any atom is -0.478 e. The van der Waals surface area contributed by atoms with Gasteiger partial charge in [-0.3, -0.25) is 0 Å². The van der Waals surface area contributed by atoms with Gasteiger partial charge in [0, 0.05) is 8.95 Å². The minimum absolute atomic E-state index is 0.116. The highest BCUT2D eigenvalue weighted by Crippen LogP contribution is 2.24. The quantitative estimate of drug-likeness (QED) is 0.659. The number of carbonyl (C=O) groups is 1. The smallest absolute Gasteiger partial charge is 0.335 e. The van der Waals surface area contributed by atoms with Crippen LogP contribution in [0.2, 0.25) is 0 Å². The van der Waals surface area contributed by atoms with E-state index in [0.29, 0.717) is 5.56 Å². The van der Waals surface area contributed by atoms with Crippen molar-refractivity contribution in [2.75, 3.05) is 0 Å². The standard InChI is InChI=1S/C9H9BrO2.C9H11BrO/c1-5-3-4-7(9(11)12)6(2)8(5)10;1-6-3-4-8(5-11)7(2)9(6)10/h3-4H,1-2H3,(H,11,12);3-4,11H,5H2,1-2H3. The third-order valence-electron chi connectivity index (χ3n) is 3.67. The van der Waals surface area contributed by atoms with Crippen molar-refractivity contribution >= 4 is 37.8 Å². The highest BCUT2D eigenvalue weighted by molar-refractivity contribution is 9.10. The summed E-state index contributed by atoms with van der Waals surface area (Å²) in [6.45, 7) is 7.88. The zero-order valence-electron chi connectivity index (χ0n) is 13.6. The molecule has 0 saturated heterocycles. The molecular weight excluding hydrogens is 424 g/mol. The molecule has 0 aliphatic rings. The molecule has 0 aliphatic carbocycles. The van der Waals surface area contributed by atoms with Crippen molar-refractivity contribution in [3.63, 3.8) is 0 Å². The van der Waals surface area contributed by atoms with Crippen LogP contribution in [0.5, 0.6) is 0 Å². The van der Waals surface area contributed by atoms with Crippen molar-refractivity contribution in [2.45, 2.75) is 34.3 Å². The third-order valence-corrected chi connectivity index (χ3v) is 6.11. The minimum atomic E-state index is -0.881. The molecule has 2 aromatic rings. The predicted molar refractivity (Wildman–Crippen MR) is 100 cm³/mol. The zero-order chi connectivity index (χ0) is 17.7. The fourth-order valence-corrected chi connectivity index (χ4v) is 2.82. The fraction of sp³-hybridized carbons (Fsp3) is 0.278. The number of rotatable bonds is 2. The van der Waals surface area contributed by atoms with Crippen LogP contribution >= 0.6 is 31.9 Å². The van der Waals surface area contributed by atoms with Crippen LogP contribution in [0.15, 0.2) is 33.2 Å². The van der Waals surface area contributed by atoms with Crippen LogP contribution in [0.4, 0.5) is 0 Å². The maximum atomic E-state index is 10.7. The lowest BCUT2D eigenvalue weighted by Crippen LogP contribution is -2.00. The van der Waals surface area contributed by atoms with Crippen molar-refractivity contribution in [2.24, 2.45) is 0 Å². The van der Waals surface area contributed by atoms with Gasteiger partial charge in [0.15, 0.2) is 0 Å². The van der Waals surface area contributed by atoms with Gasteiger partial charge >= 0.3 is 5.97 Å². The molecule has 5 heteroatoms. The van der Waals surface area contributed by atoms with Crippen molar-refractivity contribution < 1.29 is 15.0 Å². The molecule has 23 heavy (non-hydrogen) atoms. The molecule has 0 heterocycles. The number of aliphatic hydroxyl groups excluding tert-OH is 1. The molecule has 0 aromatic heterocycles. The molecule has 0 fully saturated rings. The van der Waals surface area contributed by atoms with Crippen LogP contribution in [0.25, 0.3) is 0 Å². The summed E-state index contributed by atoms with van der Waals surface area (Å²) in [6, 6.07) is 7.37. The molecule has 0 amide bonds. The summed E-state index contributed by atoms with van der Waals surface area (Å²) in [5.41, 5.74) is 5.52. The van der Waals surface area contributed by atoms with Crippen molar-refractivity contribution in [1.82, 2.24) is 0 Å². The number of halogens is 2. The Bertz CT molecular complexity index is 725. The lowest BCUT2D eigenvalue weighted by Gasteiger charge is -2.06. The number of benzene rings is 2. The number of hydrogen-bond donors (Lipinski definition) is 2. The molecule has 0 unspecified atom stereocenters. The zero-order valence-corrected chi connectivity index (χ0v) is 16.7. The van der Waals surface area contributed by atoms with Gasteiger partial charge in [-0.25, -0.2) is 4.79 Å². The highest BCUT2D eigenvalue weighted by Gasteiger charge is 2.10. The first-order valence-electron chi connectivity index (χ1n) is 7.05. The second-order valence-electron chi connectivity index (χ2n) is 5.31. The summed E-state index contributed by atoms with van der Waals surface area (Å²) in [7, 11) is 0. The Morgan fingerprint density at radius 3 is 1.87 bits per heavy atom. The van der Waals surface area contributed by atoms with E-state index in [1.54, 1.807) is 19.1 Å². The van der Waals surface area contributed by atoms with E-state index < -0.39 is 5.97 Å². The fourth-order valence-electron chi connectivity index (χ4n) is 2.08. The average molecular weight is 444 g/mol. The normalized spacial score (nSPS) is 10.0. The van der Waals surface area contributed by atoms with Crippen molar-refractivity contribution in [3.8, 4) is 0 Å². The summed E-state index contributed by atoms with van der Waals surface area (Å²) in [5.74, 6) is -0.881. The van der Waals surface area contributed by atoms with Crippen molar-refractivity contribution in [1.29, 1.82) is 0 Å². The van der Waals surface area contributed by atoms with E-state index in [1.165, 1.54) is 5.56 Å². The van der Waals surface area contributed by atoms with E-state index >= 15 is 0 Å². The van der Waals surface area contributed by atoms with Gasteiger partial charge in [-0.05, 0) is 61.6 Å². The summed E-state index contributed by atoms with van der Waals surface area (Å²) in [5, 5.41) is 17.7. The second-order valence-corrected chi connectivity index (χ2v) is 6.90. The number of aliphatic hydroxyl groups is 1. The Morgan fingerprint density at radius 1 is 0.913 bits per heavy atom. The molecule has 2 aromatic carbocycles. The lowest BCUT2D eigenvalue weighted by atomic mass is 10.1. The average Bonchev–Trinajstić information content (AvgIpc) is 2.51. The van der Waals surface area contributed by atoms with E-state index in [9.17, 15) is 4.79 Å². The molecule has 0 aliphatic heterocycles. The van der Waals surface area contributed by atoms with Gasteiger partial charge < -0.3 is 10.2 Å². The van der Waals surface area contributed by atoms with Crippen LogP contribution in [-0.4, -0.2) is 16.2 Å². The molecule has 3 nitrogen and oxygen atoms in total. The molecule has 0 spiro atoms. The maximum Gasteiger partial charge on any atom is 0.335 e. The summed E-state index contributed by atoms with van der Waals surface area (Å²) in [4.78, 5) is 10.7. The number of aromatic carboxylic acids is 1. The van der Waals surface area contributed by atoms with Gasteiger partial charge in [0.2, 0.25) is 0 Å². The Balaban J connectivity index is 0.000000231. The van der Waals surface area contributed by atoms with E-state index in [0.717, 1.165) is 31.2 Å². The van der Waals surface area contributed by atoms with Crippen LogP contribution in [0.1, 0.15) is 38.2 Å². The van der Waals surface area contributed by atoms with Crippen LogP contribution in [0.3, 0.4) is 0 Å². The first kappa shape index (κ1) is 19.9. The number of carboxylic acid groups (broad SMARTS) is 1. The first-order valence-corrected chi connectivity index (χ1v) is 8.63. The van der Waals surface area contributed by atoms with Gasteiger partial charge in [-0.15, -0.1) is 0 Å². The van der Waals surface area contributed by atoms with Gasteiger partial charge in [0.05, 0.1) is 12.2 Å². The molecular formula is C18H20Br2O3. The predicted octanol–water partition coefficient (Wildman–Crippen LogP) is 5.32. The van der Waals surface area contributed by atoms with E-state index in [2.05, 4.69) is 31.9 Å². The lowest BCUT2D eigenvalue weighted by molar-refractivity contribution is 0.0696. The molecule has 0 atom stereocenters. The van der Waals surface area contributed by atoms with Crippen LogP contribution < -0.4 is 0 Å². The largest absolute Gasteiger partial charge is 0.478 e. The van der Waals surface area contributed by atoms with Gasteiger partial charge in [-0.2, -0.15) is 0 Å². The Hall–Kier alpha value is -1.17. The van der Waals surface area contributed by atoms with Gasteiger partial charge in [0.1, 0.15) is 0 Å². The molecule has 0 bridgehead atoms. The first-order chi connectivity index (χ1) is 10.7. The number of carboxylic acids is 1. The van der Waals surface area contributed by atoms with Gasteiger partial charge in [-0.1, -0.05) is 50.1 Å². The summed E-state index contributed by atoms with van der Waals surface area (Å²) >= 11 is 6.79. The van der Waals surface area contributed by atoms with E-state index in [-0.39, 0.29) is 6.61 Å². The van der Waals surface area contributed by atoms with Crippen molar-refractivity contribution in [3.05, 3.63) is 66.6 Å². The molecule has 0 saturated carbocycles. The summed E-state index contributed by atoms with van der Waals surface area (Å²) in [6.07, 6.45) is 0. The maximum absolute atomic E-state index is 10.7. The van der Waals surface area contributed by atoms with Gasteiger partial charge in [0.25, 0.3) is 0 Å². The molecule has 2 rings (SSSR count). The topological polar surface area (TPSA) is 57.5 Å². The Labute approximate surface area is 153 Å². The monoisotopic (exact) mass is 442 g/mol. The highest BCUT2D eigenvalue weighted by atomic mass is 79.9. The van der Waals surface area contributed by atoms with Crippen LogP contribution in [0, 0.1) is 27.7 Å². The Kier molecular flexibility index (Phi) is 7.45. The SMILES string of the molecule is Cc1ccc(C(=O)O)c(C)c1Br.Cc1ccc(CO)c(C)c1Br. The van der Waals surface area contributed by atoms with E-state index in [1.807, 2.05) is 32.9 Å². The number of hydrogen-bond acceptors (Lipinski definition) is 2. The molecule has 2 N–H and O–H groups in total. The third kappa shape index (κ3) is 4.90. The summed E-state index contributed by atoms with van der Waals surface area (Å²) < 4.78 is 1.98. The van der Waals surface area contributed by atoms with E-state index in [4.69, 9.17) is 10.2 Å². The van der Waals surface area contributed by atoms with Crippen LogP contribution in [-0.2, 0) is 6.61 Å². The second kappa shape index (κ2) is 8.62.